The van der Waals surface area contributed by atoms with E-state index in [1.807, 2.05) is 0 Å². The Kier molecular flexibility index (Phi) is 4.85. The summed E-state index contributed by atoms with van der Waals surface area (Å²) in [5.74, 6) is -1.49. The highest BCUT2D eigenvalue weighted by Crippen LogP contribution is 2.25. The molecule has 0 fully saturated rings. The lowest BCUT2D eigenvalue weighted by atomic mass is 10.3. The molecule has 0 aliphatic heterocycles. The third-order valence-electron chi connectivity index (χ3n) is 2.94. The summed E-state index contributed by atoms with van der Waals surface area (Å²) >= 11 is 0. The molecule has 1 aromatic heterocycles. The molecule has 120 valence electrons. The van der Waals surface area contributed by atoms with Crippen LogP contribution < -0.4 is 10.1 Å². The van der Waals surface area contributed by atoms with Gasteiger partial charge in [-0.2, -0.15) is 0 Å². The summed E-state index contributed by atoms with van der Waals surface area (Å²) in [6, 6.07) is 8.15. The van der Waals surface area contributed by atoms with Crippen molar-refractivity contribution < 1.29 is 18.8 Å². The van der Waals surface area contributed by atoms with Crippen molar-refractivity contribution in [2.24, 2.45) is 0 Å². The van der Waals surface area contributed by atoms with Gasteiger partial charge in [-0.1, -0.05) is 0 Å². The molecule has 2 rings (SSSR count). The fraction of sp³-hybridized carbons (Fsp3) is 0.200. The Bertz CT molecular complexity index is 734. The average Bonchev–Trinajstić information content (AvgIpc) is 2.51. The zero-order valence-electron chi connectivity index (χ0n) is 12.4. The lowest BCUT2D eigenvalue weighted by molar-refractivity contribution is -0.390. The molecule has 0 spiro atoms. The maximum absolute atomic E-state index is 12.8. The van der Waals surface area contributed by atoms with Crippen LogP contribution in [0.15, 0.2) is 36.4 Å². The normalized spacial score (nSPS) is 11.6. The van der Waals surface area contributed by atoms with E-state index in [1.54, 1.807) is 13.0 Å². The summed E-state index contributed by atoms with van der Waals surface area (Å²) in [4.78, 5) is 26.1. The number of pyridine rings is 1. The van der Waals surface area contributed by atoms with Gasteiger partial charge in [0.1, 0.15) is 11.5 Å². The molecular weight excluding hydrogens is 305 g/mol. The largest absolute Gasteiger partial charge is 0.473 e. The molecule has 1 atom stereocenters. The first-order chi connectivity index (χ1) is 10.9. The first kappa shape index (κ1) is 16.3. The van der Waals surface area contributed by atoms with Crippen LogP contribution in [0.4, 0.5) is 15.9 Å². The Balaban J connectivity index is 2.09. The standard InChI is InChI=1S/C15H14FN3O4/c1-9-3-8-13(14(17-9)19(21)22)23-10(2)15(20)18-12-6-4-11(16)5-7-12/h3-8,10H,1-2H3,(H,18,20)/t10-/m0/s1. The van der Waals surface area contributed by atoms with Gasteiger partial charge in [-0.25, -0.2) is 4.39 Å². The van der Waals surface area contributed by atoms with Gasteiger partial charge in [-0.05, 0) is 53.2 Å². The molecule has 0 bridgehead atoms. The second-order valence-electron chi connectivity index (χ2n) is 4.79. The van der Waals surface area contributed by atoms with Crippen LogP contribution in [0, 0.1) is 22.9 Å². The molecule has 8 heteroatoms. The number of rotatable bonds is 5. The average molecular weight is 319 g/mol. The number of amides is 1. The van der Waals surface area contributed by atoms with E-state index in [-0.39, 0.29) is 5.75 Å². The van der Waals surface area contributed by atoms with E-state index in [1.165, 1.54) is 37.3 Å². The molecule has 1 N–H and O–H groups in total. The maximum Gasteiger partial charge on any atom is 0.406 e. The van der Waals surface area contributed by atoms with Gasteiger partial charge in [0, 0.05) is 12.6 Å². The zero-order valence-corrected chi connectivity index (χ0v) is 12.4. The van der Waals surface area contributed by atoms with E-state index in [2.05, 4.69) is 10.3 Å². The first-order valence-corrected chi connectivity index (χ1v) is 6.72. The van der Waals surface area contributed by atoms with Crippen molar-refractivity contribution in [3.63, 3.8) is 0 Å². The molecule has 0 unspecified atom stereocenters. The van der Waals surface area contributed by atoms with Crippen LogP contribution in [0.25, 0.3) is 0 Å². The van der Waals surface area contributed by atoms with E-state index in [0.29, 0.717) is 11.4 Å². The van der Waals surface area contributed by atoms with Crippen molar-refractivity contribution in [1.29, 1.82) is 0 Å². The van der Waals surface area contributed by atoms with Crippen molar-refractivity contribution in [1.82, 2.24) is 4.98 Å². The van der Waals surface area contributed by atoms with E-state index in [0.717, 1.165) is 0 Å². The topological polar surface area (TPSA) is 94.4 Å². The number of halogens is 1. The predicted octanol–water partition coefficient (Wildman–Crippen LogP) is 2.84. The minimum absolute atomic E-state index is 0.0950. The number of benzene rings is 1. The number of anilines is 1. The molecular formula is C15H14FN3O4. The van der Waals surface area contributed by atoms with Crippen molar-refractivity contribution in [2.45, 2.75) is 20.0 Å². The van der Waals surface area contributed by atoms with Gasteiger partial charge in [0.2, 0.25) is 5.75 Å². The highest BCUT2D eigenvalue weighted by molar-refractivity contribution is 5.94. The number of nitro groups is 1. The summed E-state index contributed by atoms with van der Waals surface area (Å²) in [6.45, 7) is 3.06. The SMILES string of the molecule is Cc1ccc(O[C@@H](C)C(=O)Nc2ccc(F)cc2)c([N+](=O)[O-])n1. The highest BCUT2D eigenvalue weighted by Gasteiger charge is 2.22. The summed E-state index contributed by atoms with van der Waals surface area (Å²) in [5.41, 5.74) is 0.857. The zero-order chi connectivity index (χ0) is 17.0. The molecule has 1 aromatic carbocycles. The lowest BCUT2D eigenvalue weighted by Crippen LogP contribution is -2.30. The van der Waals surface area contributed by atoms with Crippen LogP contribution in [0.1, 0.15) is 12.6 Å². The monoisotopic (exact) mass is 319 g/mol. The number of carbonyl (C=O) groups is 1. The molecule has 0 saturated carbocycles. The number of nitrogens with zero attached hydrogens (tertiary/aromatic N) is 2. The number of ether oxygens (including phenoxy) is 1. The molecule has 23 heavy (non-hydrogen) atoms. The molecule has 7 nitrogen and oxygen atoms in total. The van der Waals surface area contributed by atoms with E-state index < -0.39 is 28.6 Å². The Hall–Kier alpha value is -3.03. The third-order valence-corrected chi connectivity index (χ3v) is 2.94. The van der Waals surface area contributed by atoms with Gasteiger partial charge in [-0.3, -0.25) is 4.79 Å². The quantitative estimate of drug-likeness (QED) is 0.675. The minimum atomic E-state index is -0.997. The number of nitrogens with one attached hydrogen (secondary N) is 1. The van der Waals surface area contributed by atoms with Crippen LogP contribution in [-0.4, -0.2) is 21.9 Å². The Morgan fingerprint density at radius 1 is 1.30 bits per heavy atom. The second kappa shape index (κ2) is 6.82. The molecule has 2 aromatic rings. The maximum atomic E-state index is 12.8. The molecule has 0 aliphatic carbocycles. The number of aryl methyl sites for hydroxylation is 1. The first-order valence-electron chi connectivity index (χ1n) is 6.72. The number of aromatic nitrogens is 1. The number of carbonyl (C=O) groups excluding carboxylic acids is 1. The lowest BCUT2D eigenvalue weighted by Gasteiger charge is -2.14. The van der Waals surface area contributed by atoms with Crippen molar-refractivity contribution >= 4 is 17.4 Å². The van der Waals surface area contributed by atoms with Gasteiger partial charge in [0.25, 0.3) is 5.91 Å². The van der Waals surface area contributed by atoms with Crippen LogP contribution in [0.3, 0.4) is 0 Å². The third kappa shape index (κ3) is 4.22. The smallest absolute Gasteiger partial charge is 0.406 e. The van der Waals surface area contributed by atoms with E-state index >= 15 is 0 Å². The van der Waals surface area contributed by atoms with Crippen molar-refractivity contribution in [3.8, 4) is 5.75 Å². The summed E-state index contributed by atoms with van der Waals surface area (Å²) < 4.78 is 18.1. The number of hydrogen-bond donors (Lipinski definition) is 1. The molecule has 1 amide bonds. The summed E-state index contributed by atoms with van der Waals surface area (Å²) in [6.07, 6.45) is -0.997. The summed E-state index contributed by atoms with van der Waals surface area (Å²) in [7, 11) is 0. The number of hydrogen-bond acceptors (Lipinski definition) is 5. The fourth-order valence-corrected chi connectivity index (χ4v) is 1.77. The molecule has 1 heterocycles. The highest BCUT2D eigenvalue weighted by atomic mass is 19.1. The Morgan fingerprint density at radius 3 is 2.57 bits per heavy atom. The van der Waals surface area contributed by atoms with E-state index in [9.17, 15) is 19.3 Å². The van der Waals surface area contributed by atoms with Crippen LogP contribution in [-0.2, 0) is 4.79 Å². The van der Waals surface area contributed by atoms with Crippen LogP contribution in [0.5, 0.6) is 5.75 Å². The molecule has 0 aliphatic rings. The van der Waals surface area contributed by atoms with Gasteiger partial charge in [0.15, 0.2) is 6.10 Å². The van der Waals surface area contributed by atoms with Crippen LogP contribution in [0.2, 0.25) is 0 Å². The second-order valence-corrected chi connectivity index (χ2v) is 4.79. The fourth-order valence-electron chi connectivity index (χ4n) is 1.77. The van der Waals surface area contributed by atoms with Crippen LogP contribution >= 0.6 is 0 Å². The Labute approximate surface area is 131 Å². The molecule has 0 radical (unpaired) electrons. The van der Waals surface area contributed by atoms with Gasteiger partial charge >= 0.3 is 5.82 Å². The van der Waals surface area contributed by atoms with Gasteiger partial charge < -0.3 is 20.2 Å². The van der Waals surface area contributed by atoms with Crippen molar-refractivity contribution in [2.75, 3.05) is 5.32 Å². The predicted molar refractivity (Wildman–Crippen MR) is 80.7 cm³/mol. The minimum Gasteiger partial charge on any atom is -0.473 e. The molecule has 0 saturated heterocycles. The van der Waals surface area contributed by atoms with E-state index in [4.69, 9.17) is 4.74 Å². The van der Waals surface area contributed by atoms with Gasteiger partial charge in [-0.15, -0.1) is 0 Å². The summed E-state index contributed by atoms with van der Waals surface area (Å²) in [5, 5.41) is 13.5. The van der Waals surface area contributed by atoms with Crippen molar-refractivity contribution in [3.05, 3.63) is 58.0 Å². The Morgan fingerprint density at radius 2 is 1.96 bits per heavy atom. The van der Waals surface area contributed by atoms with Gasteiger partial charge in [0.05, 0.1) is 0 Å².